The van der Waals surface area contributed by atoms with Gasteiger partial charge in [-0.15, -0.1) is 0 Å². The number of carboxylic acid groups (broad SMARTS) is 1. The second-order valence-electron chi connectivity index (χ2n) is 8.70. The van der Waals surface area contributed by atoms with E-state index < -0.39 is 24.2 Å². The summed E-state index contributed by atoms with van der Waals surface area (Å²) in [7, 11) is 3.20. The number of hydrazine groups is 1. The van der Waals surface area contributed by atoms with E-state index >= 15 is 0 Å². The highest BCUT2D eigenvalue weighted by Crippen LogP contribution is 2.29. The Hall–Kier alpha value is -4.06. The first-order valence-corrected chi connectivity index (χ1v) is 11.5. The number of ether oxygens (including phenoxy) is 1. The number of methoxy groups -OCH3 is 1. The molecule has 2 fully saturated rings. The van der Waals surface area contributed by atoms with Gasteiger partial charge in [-0.25, -0.2) is 14.8 Å². The molecule has 1 aromatic carbocycles. The third-order valence-electron chi connectivity index (χ3n) is 6.31. The number of likely N-dealkylation sites (N-methyl/N-ethyl adjacent to an activating group) is 1. The summed E-state index contributed by atoms with van der Waals surface area (Å²) in [4.78, 5) is 53.9. The topological polar surface area (TPSA) is 136 Å². The molecule has 192 valence electrons. The zero-order chi connectivity index (χ0) is 25.8. The number of furan rings is 1. The lowest BCUT2D eigenvalue weighted by atomic mass is 10.0. The van der Waals surface area contributed by atoms with E-state index in [1.165, 1.54) is 26.1 Å². The van der Waals surface area contributed by atoms with Crippen LogP contribution in [-0.2, 0) is 27.5 Å². The highest BCUT2D eigenvalue weighted by atomic mass is 16.5. The quantitative estimate of drug-likeness (QED) is 0.551. The van der Waals surface area contributed by atoms with Gasteiger partial charge in [0.05, 0.1) is 33.0 Å². The highest BCUT2D eigenvalue weighted by Gasteiger charge is 2.50. The zero-order valence-electron chi connectivity index (χ0n) is 20.1. The Morgan fingerprint density at radius 3 is 2.58 bits per heavy atom. The Labute approximate surface area is 207 Å². The first kappa shape index (κ1) is 25.0. The maximum absolute atomic E-state index is 13.3. The molecule has 4 amide bonds. The van der Waals surface area contributed by atoms with E-state index in [0.717, 1.165) is 5.56 Å². The van der Waals surface area contributed by atoms with E-state index in [-0.39, 0.29) is 50.8 Å². The summed E-state index contributed by atoms with van der Waals surface area (Å²) >= 11 is 0. The molecule has 1 unspecified atom stereocenters. The molecule has 2 atom stereocenters. The molecule has 0 saturated carbocycles. The Morgan fingerprint density at radius 2 is 1.94 bits per heavy atom. The van der Waals surface area contributed by atoms with Crippen LogP contribution >= 0.6 is 0 Å². The number of carbonyl (C=O) groups excluding carboxylic acids is 3. The summed E-state index contributed by atoms with van der Waals surface area (Å²) in [6, 6.07) is 9.23. The number of hydrogen-bond acceptors (Lipinski definition) is 7. The molecular formula is C24H29N5O7. The first-order valence-electron chi connectivity index (χ1n) is 11.5. The van der Waals surface area contributed by atoms with Crippen molar-refractivity contribution in [2.45, 2.75) is 38.1 Å². The van der Waals surface area contributed by atoms with E-state index in [9.17, 15) is 24.3 Å². The predicted molar refractivity (Wildman–Crippen MR) is 125 cm³/mol. The fourth-order valence-corrected chi connectivity index (χ4v) is 4.58. The van der Waals surface area contributed by atoms with Crippen molar-refractivity contribution < 1.29 is 33.4 Å². The van der Waals surface area contributed by atoms with E-state index in [2.05, 4.69) is 5.32 Å². The van der Waals surface area contributed by atoms with E-state index in [4.69, 9.17) is 9.15 Å². The van der Waals surface area contributed by atoms with Crippen molar-refractivity contribution in [1.29, 1.82) is 0 Å². The van der Waals surface area contributed by atoms with Crippen molar-refractivity contribution in [3.05, 3.63) is 54.0 Å². The number of piperazine rings is 1. The third kappa shape index (κ3) is 5.28. The number of amides is 4. The van der Waals surface area contributed by atoms with Crippen molar-refractivity contribution in [1.82, 2.24) is 25.1 Å². The molecular weight excluding hydrogens is 470 g/mol. The van der Waals surface area contributed by atoms with Crippen molar-refractivity contribution in [2.75, 3.05) is 27.2 Å². The second-order valence-corrected chi connectivity index (χ2v) is 8.70. The smallest absolute Gasteiger partial charge is 0.334 e. The van der Waals surface area contributed by atoms with Crippen molar-refractivity contribution in [3.8, 4) is 5.75 Å². The second kappa shape index (κ2) is 10.7. The summed E-state index contributed by atoms with van der Waals surface area (Å²) in [6.45, 7) is 0.306. The molecule has 1 aromatic heterocycles. The average molecular weight is 500 g/mol. The van der Waals surface area contributed by atoms with Gasteiger partial charge in [0, 0.05) is 20.0 Å². The number of carbonyl (C=O) groups is 4. The summed E-state index contributed by atoms with van der Waals surface area (Å²) < 4.78 is 10.6. The number of urea groups is 1. The Kier molecular flexibility index (Phi) is 7.44. The van der Waals surface area contributed by atoms with E-state index in [0.29, 0.717) is 11.5 Å². The van der Waals surface area contributed by atoms with Gasteiger partial charge >= 0.3 is 12.0 Å². The number of nitrogens with one attached hydrogen (secondary N) is 1. The summed E-state index contributed by atoms with van der Waals surface area (Å²) in [5.74, 6) is -0.549. The van der Waals surface area contributed by atoms with Crippen LogP contribution in [-0.4, -0.2) is 88.2 Å². The van der Waals surface area contributed by atoms with Crippen LogP contribution in [0.3, 0.4) is 0 Å². The lowest BCUT2D eigenvalue weighted by Gasteiger charge is -2.54. The lowest BCUT2D eigenvalue weighted by molar-refractivity contribution is -0.188. The van der Waals surface area contributed by atoms with Crippen LogP contribution in [0.5, 0.6) is 5.75 Å². The number of hydrogen-bond donors (Lipinski definition) is 2. The van der Waals surface area contributed by atoms with Crippen LogP contribution in [0, 0.1) is 0 Å². The standard InChI is InChI=1S/C24H29N5O7/c1-26-15-21(30)28-19(9-10-22(31)32)23(33)27(13-18-4-3-11-36-18)14-20(28)29(26)24(34)25-12-16-5-7-17(35-2)8-6-16/h3-8,11,19-20H,9-10,12-15H2,1-2H3,(H,25,34)(H,31,32)/t19?,20-/m0/s1. The molecule has 0 radical (unpaired) electrons. The third-order valence-corrected chi connectivity index (χ3v) is 6.31. The normalized spacial score (nSPS) is 20.3. The molecule has 0 bridgehead atoms. The zero-order valence-corrected chi connectivity index (χ0v) is 20.1. The van der Waals surface area contributed by atoms with Crippen molar-refractivity contribution in [2.24, 2.45) is 0 Å². The number of carboxylic acids is 1. The summed E-state index contributed by atoms with van der Waals surface area (Å²) in [5, 5.41) is 15.0. The SMILES string of the molecule is COc1ccc(CNC(=O)N2[C@H]3CN(Cc4ccco4)C(=O)C(CCC(=O)O)N3C(=O)CN2C)cc1. The maximum Gasteiger partial charge on any atom is 0.334 e. The molecule has 2 saturated heterocycles. The molecule has 36 heavy (non-hydrogen) atoms. The van der Waals surface area contributed by atoms with Crippen LogP contribution in [0.4, 0.5) is 4.79 Å². The molecule has 2 N–H and O–H groups in total. The van der Waals surface area contributed by atoms with Crippen molar-refractivity contribution >= 4 is 23.8 Å². The van der Waals surface area contributed by atoms with Gasteiger partial charge in [0.1, 0.15) is 23.7 Å². The minimum Gasteiger partial charge on any atom is -0.497 e. The Bertz CT molecular complexity index is 1100. The van der Waals surface area contributed by atoms with Crippen LogP contribution in [0.15, 0.2) is 47.1 Å². The lowest BCUT2D eigenvalue weighted by Crippen LogP contribution is -2.75. The van der Waals surface area contributed by atoms with Gasteiger partial charge in [-0.05, 0) is 36.2 Å². The fourth-order valence-electron chi connectivity index (χ4n) is 4.58. The van der Waals surface area contributed by atoms with Gasteiger partial charge in [-0.2, -0.15) is 0 Å². The average Bonchev–Trinajstić information content (AvgIpc) is 3.36. The van der Waals surface area contributed by atoms with Gasteiger partial charge in [-0.1, -0.05) is 12.1 Å². The Morgan fingerprint density at radius 1 is 1.19 bits per heavy atom. The largest absolute Gasteiger partial charge is 0.497 e. The fraction of sp³-hybridized carbons (Fsp3) is 0.417. The highest BCUT2D eigenvalue weighted by molar-refractivity contribution is 5.91. The number of benzene rings is 1. The minimum atomic E-state index is -1.07. The van der Waals surface area contributed by atoms with E-state index in [1.54, 1.807) is 38.4 Å². The van der Waals surface area contributed by atoms with E-state index in [1.807, 2.05) is 12.1 Å². The number of fused-ring (bicyclic) bond motifs is 1. The van der Waals surface area contributed by atoms with Crippen LogP contribution in [0.1, 0.15) is 24.2 Å². The maximum atomic E-state index is 13.3. The number of nitrogens with zero attached hydrogens (tertiary/aromatic N) is 4. The Balaban J connectivity index is 1.57. The molecule has 12 heteroatoms. The summed E-state index contributed by atoms with van der Waals surface area (Å²) in [6.07, 6.45) is 0.338. The number of aliphatic carboxylic acids is 1. The van der Waals surface area contributed by atoms with Crippen LogP contribution < -0.4 is 10.1 Å². The van der Waals surface area contributed by atoms with Gasteiger partial charge in [0.25, 0.3) is 0 Å². The monoisotopic (exact) mass is 499 g/mol. The molecule has 2 aliphatic heterocycles. The number of rotatable bonds is 8. The van der Waals surface area contributed by atoms with Gasteiger partial charge in [-0.3, -0.25) is 14.4 Å². The predicted octanol–water partition coefficient (Wildman–Crippen LogP) is 1.09. The first-order chi connectivity index (χ1) is 17.3. The molecule has 0 aliphatic carbocycles. The van der Waals surface area contributed by atoms with Crippen LogP contribution in [0.2, 0.25) is 0 Å². The van der Waals surface area contributed by atoms with Gasteiger partial charge in [0.15, 0.2) is 0 Å². The van der Waals surface area contributed by atoms with Crippen molar-refractivity contribution in [3.63, 3.8) is 0 Å². The molecule has 4 rings (SSSR count). The van der Waals surface area contributed by atoms with Crippen LogP contribution in [0.25, 0.3) is 0 Å². The summed E-state index contributed by atoms with van der Waals surface area (Å²) in [5.41, 5.74) is 0.856. The molecule has 3 heterocycles. The molecule has 2 aromatic rings. The molecule has 0 spiro atoms. The minimum absolute atomic E-state index is 0.0507. The molecule has 2 aliphatic rings. The van der Waals surface area contributed by atoms with Gasteiger partial charge in [0.2, 0.25) is 11.8 Å². The van der Waals surface area contributed by atoms with Gasteiger partial charge < -0.3 is 29.4 Å². The molecule has 12 nitrogen and oxygen atoms in total.